The molecule has 0 saturated heterocycles. The Morgan fingerprint density at radius 3 is 2.68 bits per heavy atom. The van der Waals surface area contributed by atoms with Crippen LogP contribution >= 0.6 is 0 Å². The highest BCUT2D eigenvalue weighted by molar-refractivity contribution is 5.97. The Hall–Kier alpha value is -2.36. The van der Waals surface area contributed by atoms with Gasteiger partial charge < -0.3 is 10.4 Å². The van der Waals surface area contributed by atoms with Gasteiger partial charge in [0.25, 0.3) is 5.91 Å². The van der Waals surface area contributed by atoms with Gasteiger partial charge >= 0.3 is 0 Å². The van der Waals surface area contributed by atoms with Crippen molar-refractivity contribution in [3.63, 3.8) is 0 Å². The van der Waals surface area contributed by atoms with Crippen LogP contribution in [0.15, 0.2) is 36.5 Å². The minimum absolute atomic E-state index is 0.0257. The molecule has 0 fully saturated rings. The molecule has 2 aromatic rings. The maximum Gasteiger partial charge on any atom is 0.255 e. The number of hydrogen-bond acceptors (Lipinski definition) is 3. The van der Waals surface area contributed by atoms with Crippen molar-refractivity contribution in [1.82, 2.24) is 10.3 Å². The number of para-hydroxylation sites is 1. The SMILES string of the molecule is Cc1cccnc1CNC(=O)c1cccc(C)c1O. The molecule has 98 valence electrons. The fourth-order valence-corrected chi connectivity index (χ4v) is 1.80. The molecule has 19 heavy (non-hydrogen) atoms. The van der Waals surface area contributed by atoms with E-state index < -0.39 is 0 Å². The van der Waals surface area contributed by atoms with Gasteiger partial charge in [0.1, 0.15) is 5.75 Å². The van der Waals surface area contributed by atoms with E-state index in [9.17, 15) is 9.90 Å². The van der Waals surface area contributed by atoms with Crippen LogP contribution in [-0.2, 0) is 6.54 Å². The smallest absolute Gasteiger partial charge is 0.255 e. The Balaban J connectivity index is 2.10. The quantitative estimate of drug-likeness (QED) is 0.886. The Kier molecular flexibility index (Phi) is 3.80. The van der Waals surface area contributed by atoms with Gasteiger partial charge in [-0.25, -0.2) is 0 Å². The van der Waals surface area contributed by atoms with Gasteiger partial charge in [0.05, 0.1) is 17.8 Å². The van der Waals surface area contributed by atoms with Crippen molar-refractivity contribution in [1.29, 1.82) is 0 Å². The number of aryl methyl sites for hydroxylation is 2. The highest BCUT2D eigenvalue weighted by Gasteiger charge is 2.12. The number of pyridine rings is 1. The molecule has 0 aliphatic carbocycles. The summed E-state index contributed by atoms with van der Waals surface area (Å²) in [6, 6.07) is 8.90. The normalized spacial score (nSPS) is 10.2. The molecule has 0 aliphatic rings. The van der Waals surface area contributed by atoms with E-state index in [1.807, 2.05) is 19.1 Å². The van der Waals surface area contributed by atoms with E-state index in [4.69, 9.17) is 0 Å². The molecule has 0 unspecified atom stereocenters. The summed E-state index contributed by atoms with van der Waals surface area (Å²) in [4.78, 5) is 16.2. The predicted octanol–water partition coefficient (Wildman–Crippen LogP) is 2.33. The molecule has 0 aliphatic heterocycles. The number of phenolic OH excluding ortho intramolecular Hbond substituents is 1. The molecule has 0 spiro atoms. The topological polar surface area (TPSA) is 62.2 Å². The molecule has 0 radical (unpaired) electrons. The number of rotatable bonds is 3. The van der Waals surface area contributed by atoms with Crippen molar-refractivity contribution >= 4 is 5.91 Å². The van der Waals surface area contributed by atoms with Crippen LogP contribution in [0.3, 0.4) is 0 Å². The highest BCUT2D eigenvalue weighted by Crippen LogP contribution is 2.21. The number of nitrogens with zero attached hydrogens (tertiary/aromatic N) is 1. The van der Waals surface area contributed by atoms with Gasteiger partial charge in [0.15, 0.2) is 0 Å². The first-order chi connectivity index (χ1) is 9.09. The highest BCUT2D eigenvalue weighted by atomic mass is 16.3. The number of carbonyl (C=O) groups is 1. The molecule has 1 heterocycles. The number of nitrogens with one attached hydrogen (secondary N) is 1. The Labute approximate surface area is 112 Å². The maximum atomic E-state index is 12.0. The average molecular weight is 256 g/mol. The van der Waals surface area contributed by atoms with Crippen molar-refractivity contribution in [2.45, 2.75) is 20.4 Å². The van der Waals surface area contributed by atoms with E-state index in [2.05, 4.69) is 10.3 Å². The summed E-state index contributed by atoms with van der Waals surface area (Å²) < 4.78 is 0. The lowest BCUT2D eigenvalue weighted by atomic mass is 10.1. The molecule has 0 saturated carbocycles. The van der Waals surface area contributed by atoms with Gasteiger partial charge in [0.2, 0.25) is 0 Å². The van der Waals surface area contributed by atoms with Crippen molar-refractivity contribution in [3.8, 4) is 5.75 Å². The van der Waals surface area contributed by atoms with Crippen molar-refractivity contribution in [2.24, 2.45) is 0 Å². The van der Waals surface area contributed by atoms with Gasteiger partial charge in [-0.05, 0) is 37.1 Å². The predicted molar refractivity (Wildman–Crippen MR) is 73.0 cm³/mol. The van der Waals surface area contributed by atoms with Gasteiger partial charge in [-0.1, -0.05) is 18.2 Å². The van der Waals surface area contributed by atoms with Crippen molar-refractivity contribution in [2.75, 3.05) is 0 Å². The molecule has 2 N–H and O–H groups in total. The minimum atomic E-state index is -0.300. The maximum absolute atomic E-state index is 12.0. The second-order valence-electron chi connectivity index (χ2n) is 4.42. The number of phenols is 1. The summed E-state index contributed by atoms with van der Waals surface area (Å²) >= 11 is 0. The first kappa shape index (κ1) is 13.1. The zero-order valence-corrected chi connectivity index (χ0v) is 11.0. The van der Waals surface area contributed by atoms with E-state index in [0.717, 1.165) is 11.3 Å². The van der Waals surface area contributed by atoms with Gasteiger partial charge in [-0.2, -0.15) is 0 Å². The van der Waals surface area contributed by atoms with Gasteiger partial charge in [0, 0.05) is 6.20 Å². The number of hydrogen-bond donors (Lipinski definition) is 2. The third-order valence-corrected chi connectivity index (χ3v) is 3.02. The molecular weight excluding hydrogens is 240 g/mol. The summed E-state index contributed by atoms with van der Waals surface area (Å²) in [5.41, 5.74) is 2.81. The van der Waals surface area contributed by atoms with Crippen LogP contribution < -0.4 is 5.32 Å². The Bertz CT molecular complexity index is 609. The second kappa shape index (κ2) is 5.52. The fourth-order valence-electron chi connectivity index (χ4n) is 1.80. The third-order valence-electron chi connectivity index (χ3n) is 3.02. The molecule has 0 atom stereocenters. The van der Waals surface area contributed by atoms with Crippen LogP contribution in [0.4, 0.5) is 0 Å². The van der Waals surface area contributed by atoms with E-state index in [0.29, 0.717) is 12.1 Å². The average Bonchev–Trinajstić information content (AvgIpc) is 2.40. The summed E-state index contributed by atoms with van der Waals surface area (Å²) in [7, 11) is 0. The van der Waals surface area contributed by atoms with Crippen LogP contribution in [-0.4, -0.2) is 16.0 Å². The summed E-state index contributed by atoms with van der Waals surface area (Å²) in [5, 5.41) is 12.6. The minimum Gasteiger partial charge on any atom is -0.507 e. The summed E-state index contributed by atoms with van der Waals surface area (Å²) in [6.45, 7) is 4.05. The Morgan fingerprint density at radius 1 is 1.21 bits per heavy atom. The van der Waals surface area contributed by atoms with E-state index in [1.54, 1.807) is 31.3 Å². The molecule has 4 nitrogen and oxygen atoms in total. The van der Waals surface area contributed by atoms with Crippen LogP contribution in [0.2, 0.25) is 0 Å². The summed E-state index contributed by atoms with van der Waals surface area (Å²) in [5.74, 6) is -0.274. The fraction of sp³-hybridized carbons (Fsp3) is 0.200. The van der Waals surface area contributed by atoms with Crippen molar-refractivity contribution in [3.05, 3.63) is 58.9 Å². The van der Waals surface area contributed by atoms with Crippen LogP contribution in [0.25, 0.3) is 0 Å². The number of aromatic hydroxyl groups is 1. The van der Waals surface area contributed by atoms with E-state index >= 15 is 0 Å². The molecule has 4 heteroatoms. The molecular formula is C15H16N2O2. The Morgan fingerprint density at radius 2 is 1.95 bits per heavy atom. The van der Waals surface area contributed by atoms with Crippen LogP contribution in [0.5, 0.6) is 5.75 Å². The lowest BCUT2D eigenvalue weighted by Crippen LogP contribution is -2.24. The third kappa shape index (κ3) is 2.91. The molecule has 1 aromatic heterocycles. The monoisotopic (exact) mass is 256 g/mol. The van der Waals surface area contributed by atoms with Crippen molar-refractivity contribution < 1.29 is 9.90 Å². The standard InChI is InChI=1S/C15H16N2O2/c1-10-6-4-8-16-13(10)9-17-15(19)12-7-3-5-11(2)14(12)18/h3-8,18H,9H2,1-2H3,(H,17,19). The second-order valence-corrected chi connectivity index (χ2v) is 4.42. The first-order valence-electron chi connectivity index (χ1n) is 6.07. The van der Waals surface area contributed by atoms with Crippen LogP contribution in [0.1, 0.15) is 27.2 Å². The van der Waals surface area contributed by atoms with Crippen LogP contribution in [0, 0.1) is 13.8 Å². The van der Waals surface area contributed by atoms with E-state index in [1.165, 1.54) is 0 Å². The lowest BCUT2D eigenvalue weighted by molar-refractivity contribution is 0.0947. The zero-order valence-electron chi connectivity index (χ0n) is 11.0. The number of amides is 1. The van der Waals surface area contributed by atoms with Gasteiger partial charge in [-0.15, -0.1) is 0 Å². The number of benzene rings is 1. The van der Waals surface area contributed by atoms with Gasteiger partial charge in [-0.3, -0.25) is 9.78 Å². The largest absolute Gasteiger partial charge is 0.507 e. The first-order valence-corrected chi connectivity index (χ1v) is 6.07. The molecule has 2 rings (SSSR count). The summed E-state index contributed by atoms with van der Waals surface area (Å²) in [6.07, 6.45) is 1.69. The lowest BCUT2D eigenvalue weighted by Gasteiger charge is -2.09. The van der Waals surface area contributed by atoms with E-state index in [-0.39, 0.29) is 17.2 Å². The molecule has 1 aromatic carbocycles. The molecule has 0 bridgehead atoms. The number of carbonyl (C=O) groups excluding carboxylic acids is 1. The number of aromatic nitrogens is 1. The zero-order chi connectivity index (χ0) is 13.8. The molecule has 1 amide bonds.